The van der Waals surface area contributed by atoms with Crippen LogP contribution in [0.4, 0.5) is 0 Å². The molecule has 2 N–H and O–H groups in total. The number of nitrogens with one attached hydrogen (secondary N) is 1. The Morgan fingerprint density at radius 1 is 1.39 bits per heavy atom. The number of carbonyl (C=O) groups is 1. The number of hydrogen-bond donors (Lipinski definition) is 2. The van der Waals surface area contributed by atoms with Crippen LogP contribution in [0.2, 0.25) is 5.02 Å². The van der Waals surface area contributed by atoms with Gasteiger partial charge in [-0.25, -0.2) is 4.99 Å². The number of rotatable bonds is 2. The lowest BCUT2D eigenvalue weighted by Crippen LogP contribution is -2.53. The first-order valence-electron chi connectivity index (χ1n) is 8.07. The zero-order chi connectivity index (χ0) is 16.0. The van der Waals surface area contributed by atoms with E-state index < -0.39 is 17.7 Å². The molecule has 1 aliphatic carbocycles. The van der Waals surface area contributed by atoms with Crippen LogP contribution in [0.5, 0.6) is 0 Å². The number of benzene rings is 1. The number of β-amino-alcohol motifs (C(OH)–C–C–N with tert-alkyl or cyclic N) is 1. The Kier molecular flexibility index (Phi) is 3.67. The third-order valence-corrected chi connectivity index (χ3v) is 5.32. The van der Waals surface area contributed by atoms with Gasteiger partial charge in [-0.05, 0) is 31.7 Å². The van der Waals surface area contributed by atoms with Crippen LogP contribution >= 0.6 is 11.6 Å². The summed E-state index contributed by atoms with van der Waals surface area (Å²) in [5, 5.41) is 13.5. The second-order valence-electron chi connectivity index (χ2n) is 6.50. The number of ether oxygens (including phenoxy) is 1. The van der Waals surface area contributed by atoms with E-state index in [2.05, 4.69) is 5.32 Å². The summed E-state index contributed by atoms with van der Waals surface area (Å²) in [5.74, 6) is 0.532. The second kappa shape index (κ2) is 5.58. The van der Waals surface area contributed by atoms with Crippen molar-refractivity contribution in [2.24, 2.45) is 4.99 Å². The Morgan fingerprint density at radius 3 is 2.96 bits per heavy atom. The summed E-state index contributed by atoms with van der Waals surface area (Å²) in [4.78, 5) is 17.7. The van der Waals surface area contributed by atoms with Crippen LogP contribution in [-0.2, 0) is 15.1 Å². The third-order valence-electron chi connectivity index (χ3n) is 4.99. The minimum absolute atomic E-state index is 0.000791. The highest BCUT2D eigenvalue weighted by Crippen LogP contribution is 2.44. The smallest absolute Gasteiger partial charge is 0.205 e. The molecule has 4 unspecified atom stereocenters. The second-order valence-corrected chi connectivity index (χ2v) is 6.91. The number of fused-ring (bicyclic) bond motifs is 2. The Hall–Kier alpha value is -1.43. The zero-order valence-electron chi connectivity index (χ0n) is 12.7. The minimum Gasteiger partial charge on any atom is -0.468 e. The van der Waals surface area contributed by atoms with E-state index in [0.717, 1.165) is 12.0 Å². The Balaban J connectivity index is 1.81. The topological polar surface area (TPSA) is 70.9 Å². The van der Waals surface area contributed by atoms with Gasteiger partial charge in [-0.3, -0.25) is 4.79 Å². The molecule has 0 aromatic heterocycles. The van der Waals surface area contributed by atoms with E-state index in [9.17, 15) is 9.90 Å². The fourth-order valence-electron chi connectivity index (χ4n) is 3.84. The summed E-state index contributed by atoms with van der Waals surface area (Å²) >= 11 is 6.38. The fraction of sp³-hybridized carbons (Fsp3) is 0.529. The molecule has 3 aliphatic rings. The molecule has 2 aliphatic heterocycles. The van der Waals surface area contributed by atoms with Crippen LogP contribution in [0.1, 0.15) is 31.2 Å². The van der Waals surface area contributed by atoms with Gasteiger partial charge in [-0.2, -0.15) is 0 Å². The number of aliphatic hydroxyl groups is 1. The quantitative estimate of drug-likeness (QED) is 0.865. The highest BCUT2D eigenvalue weighted by atomic mass is 35.5. The highest BCUT2D eigenvalue weighted by Gasteiger charge is 2.52. The van der Waals surface area contributed by atoms with E-state index in [4.69, 9.17) is 21.3 Å². The van der Waals surface area contributed by atoms with E-state index in [0.29, 0.717) is 36.7 Å². The van der Waals surface area contributed by atoms with Crippen molar-refractivity contribution in [2.75, 3.05) is 6.54 Å². The van der Waals surface area contributed by atoms with E-state index >= 15 is 0 Å². The van der Waals surface area contributed by atoms with Crippen molar-refractivity contribution in [1.82, 2.24) is 5.32 Å². The number of halogens is 1. The van der Waals surface area contributed by atoms with Gasteiger partial charge >= 0.3 is 0 Å². The predicted molar refractivity (Wildman–Crippen MR) is 86.7 cm³/mol. The molecular weight excluding hydrogens is 316 g/mol. The molecule has 5 nitrogen and oxygen atoms in total. The van der Waals surface area contributed by atoms with Gasteiger partial charge in [0.05, 0.1) is 12.1 Å². The SMILES string of the molecule is O=C1C2CCCC1(c1ccccc1Cl)N=C(C1CC(O)CN1)O2. The number of ketones is 1. The van der Waals surface area contributed by atoms with Crippen LogP contribution in [0.3, 0.4) is 0 Å². The molecule has 122 valence electrons. The van der Waals surface area contributed by atoms with E-state index in [1.165, 1.54) is 0 Å². The molecule has 1 aromatic carbocycles. The average molecular weight is 335 g/mol. The van der Waals surface area contributed by atoms with E-state index in [1.54, 1.807) is 6.07 Å². The highest BCUT2D eigenvalue weighted by molar-refractivity contribution is 6.32. The van der Waals surface area contributed by atoms with Crippen LogP contribution < -0.4 is 5.32 Å². The summed E-state index contributed by atoms with van der Waals surface area (Å²) in [6.45, 7) is 0.519. The Morgan fingerprint density at radius 2 is 2.22 bits per heavy atom. The molecule has 4 rings (SSSR count). The molecule has 1 saturated heterocycles. The molecular formula is C17H19ClN2O3. The van der Waals surface area contributed by atoms with Crippen molar-refractivity contribution in [3.63, 3.8) is 0 Å². The Bertz CT molecular complexity index is 678. The van der Waals surface area contributed by atoms with Crippen molar-refractivity contribution < 1.29 is 14.6 Å². The largest absolute Gasteiger partial charge is 0.468 e. The van der Waals surface area contributed by atoms with Gasteiger partial charge in [0.1, 0.15) is 0 Å². The van der Waals surface area contributed by atoms with Crippen molar-refractivity contribution in [3.05, 3.63) is 34.9 Å². The standard InChI is InChI=1S/C17H19ClN2O3/c18-12-5-2-1-4-11(12)17-7-3-6-14(15(17)22)23-16(20-17)13-8-10(21)9-19-13/h1-2,4-5,10,13-14,19,21H,3,6-9H2. The summed E-state index contributed by atoms with van der Waals surface area (Å²) in [5.41, 5.74) is -0.180. The monoisotopic (exact) mass is 334 g/mol. The number of Topliss-reactive ketones (excluding diaryl/α,β-unsaturated/α-hetero) is 1. The summed E-state index contributed by atoms with van der Waals surface area (Å²) in [6.07, 6.45) is 1.91. The van der Waals surface area contributed by atoms with Gasteiger partial charge in [0.25, 0.3) is 0 Å². The third kappa shape index (κ3) is 2.38. The van der Waals surface area contributed by atoms with Gasteiger partial charge in [-0.1, -0.05) is 29.8 Å². The van der Waals surface area contributed by atoms with Crippen LogP contribution in [0.25, 0.3) is 0 Å². The lowest BCUT2D eigenvalue weighted by Gasteiger charge is -2.42. The lowest BCUT2D eigenvalue weighted by molar-refractivity contribution is -0.137. The number of aliphatic imine (C=N–C) groups is 1. The van der Waals surface area contributed by atoms with Crippen LogP contribution in [-0.4, -0.2) is 41.6 Å². The van der Waals surface area contributed by atoms with Gasteiger partial charge in [0.15, 0.2) is 11.6 Å². The van der Waals surface area contributed by atoms with E-state index in [1.807, 2.05) is 18.2 Å². The number of hydrogen-bond acceptors (Lipinski definition) is 5. The van der Waals surface area contributed by atoms with Crippen LogP contribution in [0, 0.1) is 0 Å². The summed E-state index contributed by atoms with van der Waals surface area (Å²) in [7, 11) is 0. The first-order valence-corrected chi connectivity index (χ1v) is 8.45. The fourth-order valence-corrected chi connectivity index (χ4v) is 4.13. The van der Waals surface area contributed by atoms with Gasteiger partial charge < -0.3 is 15.2 Å². The van der Waals surface area contributed by atoms with E-state index in [-0.39, 0.29) is 11.8 Å². The molecule has 1 saturated carbocycles. The minimum atomic E-state index is -0.940. The zero-order valence-corrected chi connectivity index (χ0v) is 13.4. The van der Waals surface area contributed by atoms with Crippen molar-refractivity contribution in [1.29, 1.82) is 0 Å². The lowest BCUT2D eigenvalue weighted by atomic mass is 9.73. The molecule has 2 heterocycles. The van der Waals surface area contributed by atoms with Gasteiger partial charge in [-0.15, -0.1) is 0 Å². The molecule has 2 fully saturated rings. The maximum Gasteiger partial charge on any atom is 0.205 e. The maximum atomic E-state index is 12.9. The number of aliphatic hydroxyl groups excluding tert-OH is 1. The summed E-state index contributed by atoms with van der Waals surface area (Å²) < 4.78 is 5.87. The molecule has 2 bridgehead atoms. The molecule has 6 heteroatoms. The molecule has 23 heavy (non-hydrogen) atoms. The number of carbonyl (C=O) groups excluding carboxylic acids is 1. The normalized spacial score (nSPS) is 36.5. The predicted octanol–water partition coefficient (Wildman–Crippen LogP) is 1.81. The van der Waals surface area contributed by atoms with Crippen molar-refractivity contribution in [3.8, 4) is 0 Å². The first-order chi connectivity index (χ1) is 11.1. The van der Waals surface area contributed by atoms with Crippen molar-refractivity contribution in [2.45, 2.75) is 49.5 Å². The molecule has 0 amide bonds. The van der Waals surface area contributed by atoms with Crippen LogP contribution in [0.15, 0.2) is 29.3 Å². The Labute approximate surface area is 139 Å². The average Bonchev–Trinajstić information content (AvgIpc) is 2.95. The molecule has 4 atom stereocenters. The van der Waals surface area contributed by atoms with Gasteiger partial charge in [0.2, 0.25) is 11.7 Å². The van der Waals surface area contributed by atoms with Gasteiger partial charge in [0, 0.05) is 17.1 Å². The molecule has 0 spiro atoms. The molecule has 1 aromatic rings. The molecule has 0 radical (unpaired) electrons. The summed E-state index contributed by atoms with van der Waals surface area (Å²) in [6, 6.07) is 7.28. The first kappa shape index (κ1) is 15.1. The maximum absolute atomic E-state index is 12.9. The van der Waals surface area contributed by atoms with Crippen molar-refractivity contribution >= 4 is 23.3 Å². The number of nitrogens with zero attached hydrogens (tertiary/aromatic N) is 1.